The van der Waals surface area contributed by atoms with Gasteiger partial charge in [-0.2, -0.15) is 0 Å². The number of para-hydroxylation sites is 2. The second-order valence-electron chi connectivity index (χ2n) is 7.79. The van der Waals surface area contributed by atoms with Gasteiger partial charge >= 0.3 is 0 Å². The normalized spacial score (nSPS) is 16.0. The summed E-state index contributed by atoms with van der Waals surface area (Å²) in [5.41, 5.74) is 2.82. The van der Waals surface area contributed by atoms with Crippen LogP contribution in [0, 0.1) is 11.7 Å². The Labute approximate surface area is 170 Å². The number of carbonyl (C=O) groups is 1. The van der Waals surface area contributed by atoms with Gasteiger partial charge in [0.2, 0.25) is 5.91 Å². The van der Waals surface area contributed by atoms with Crippen LogP contribution < -0.4 is 10.6 Å². The van der Waals surface area contributed by atoms with Gasteiger partial charge in [0.1, 0.15) is 5.82 Å². The smallest absolute Gasteiger partial charge is 0.220 e. The molecule has 1 amide bonds. The van der Waals surface area contributed by atoms with Crippen molar-refractivity contribution < 1.29 is 9.18 Å². The number of benzene rings is 2. The molecule has 1 aliphatic rings. The molecule has 0 aliphatic carbocycles. The fourth-order valence-corrected chi connectivity index (χ4v) is 4.05. The summed E-state index contributed by atoms with van der Waals surface area (Å²) in [6, 6.07) is 14.0. The Balaban J connectivity index is 1.47. The van der Waals surface area contributed by atoms with Crippen LogP contribution in [0.15, 0.2) is 54.9 Å². The molecular weight excluding hydrogens is 367 g/mol. The van der Waals surface area contributed by atoms with Crippen LogP contribution in [0.3, 0.4) is 0 Å². The zero-order valence-corrected chi connectivity index (χ0v) is 16.5. The number of halogens is 1. The Hall–Kier alpha value is -2.73. The highest BCUT2D eigenvalue weighted by Gasteiger charge is 2.19. The number of fused-ring (bicyclic) bond motifs is 1. The van der Waals surface area contributed by atoms with Gasteiger partial charge in [0.15, 0.2) is 0 Å². The van der Waals surface area contributed by atoms with E-state index in [1.54, 1.807) is 18.5 Å². The summed E-state index contributed by atoms with van der Waals surface area (Å²) in [6.45, 7) is 2.63. The lowest BCUT2D eigenvalue weighted by Crippen LogP contribution is -2.32. The minimum Gasteiger partial charge on any atom is -0.347 e. The lowest BCUT2D eigenvalue weighted by atomic mass is 9.93. The Morgan fingerprint density at radius 1 is 1.17 bits per heavy atom. The van der Waals surface area contributed by atoms with Gasteiger partial charge < -0.3 is 15.2 Å². The summed E-state index contributed by atoms with van der Waals surface area (Å²) < 4.78 is 15.5. The van der Waals surface area contributed by atoms with Crippen molar-refractivity contribution in [3.05, 3.63) is 66.2 Å². The van der Waals surface area contributed by atoms with Crippen molar-refractivity contribution in [3.63, 3.8) is 0 Å². The van der Waals surface area contributed by atoms with Gasteiger partial charge in [-0.1, -0.05) is 24.3 Å². The van der Waals surface area contributed by atoms with Crippen LogP contribution in [-0.2, 0) is 11.3 Å². The molecule has 1 saturated heterocycles. The molecule has 1 unspecified atom stereocenters. The number of amides is 1. The zero-order chi connectivity index (χ0) is 20.1. The van der Waals surface area contributed by atoms with Gasteiger partial charge in [-0.25, -0.2) is 9.37 Å². The first-order valence-electron chi connectivity index (χ1n) is 10.3. The molecule has 1 aromatic heterocycles. The molecule has 0 saturated carbocycles. The predicted molar refractivity (Wildman–Crippen MR) is 112 cm³/mol. The van der Waals surface area contributed by atoms with Crippen LogP contribution >= 0.6 is 0 Å². The van der Waals surface area contributed by atoms with Gasteiger partial charge in [-0.15, -0.1) is 0 Å². The first-order chi connectivity index (χ1) is 14.2. The van der Waals surface area contributed by atoms with Crippen LogP contribution in [0.5, 0.6) is 0 Å². The van der Waals surface area contributed by atoms with Gasteiger partial charge in [0, 0.05) is 13.0 Å². The fraction of sp³-hybridized carbons (Fsp3) is 0.391. The van der Waals surface area contributed by atoms with E-state index in [-0.39, 0.29) is 17.8 Å². The third kappa shape index (κ3) is 5.01. The quantitative estimate of drug-likeness (QED) is 0.641. The Morgan fingerprint density at radius 2 is 1.93 bits per heavy atom. The minimum absolute atomic E-state index is 0.0438. The number of rotatable bonds is 7. The number of nitrogens with zero attached hydrogens (tertiary/aromatic N) is 2. The molecule has 152 valence electrons. The largest absolute Gasteiger partial charge is 0.347 e. The number of piperidine rings is 1. The van der Waals surface area contributed by atoms with E-state index in [9.17, 15) is 9.18 Å². The molecule has 6 heteroatoms. The highest BCUT2D eigenvalue weighted by atomic mass is 19.1. The Kier molecular flexibility index (Phi) is 6.20. The summed E-state index contributed by atoms with van der Waals surface area (Å²) >= 11 is 0. The standard InChI is InChI=1S/C23H27FN4O/c24-19-8-6-18(7-9-19)21(15-28-16-26-20-3-1-2-4-22(20)28)27-23(29)10-5-17-11-13-25-14-12-17/h1-4,6-9,16-17,21,25H,5,10-15H2,(H,27,29). The minimum atomic E-state index is -0.280. The number of hydrogen-bond donors (Lipinski definition) is 2. The summed E-state index contributed by atoms with van der Waals surface area (Å²) in [7, 11) is 0. The van der Waals surface area contributed by atoms with Crippen molar-refractivity contribution in [2.24, 2.45) is 5.92 Å². The summed E-state index contributed by atoms with van der Waals surface area (Å²) in [4.78, 5) is 17.1. The second kappa shape index (κ2) is 9.18. The molecule has 1 fully saturated rings. The molecule has 1 aliphatic heterocycles. The van der Waals surface area contributed by atoms with Gasteiger partial charge in [-0.05, 0) is 68.1 Å². The van der Waals surface area contributed by atoms with E-state index in [2.05, 4.69) is 15.6 Å². The van der Waals surface area contributed by atoms with Gasteiger partial charge in [0.05, 0.1) is 23.4 Å². The Bertz CT molecular complexity index is 947. The monoisotopic (exact) mass is 394 g/mol. The average Bonchev–Trinajstić information content (AvgIpc) is 3.16. The predicted octanol–water partition coefficient (Wildman–Crippen LogP) is 3.81. The maximum absolute atomic E-state index is 13.4. The number of aromatic nitrogens is 2. The fourth-order valence-electron chi connectivity index (χ4n) is 4.05. The average molecular weight is 394 g/mol. The third-order valence-corrected chi connectivity index (χ3v) is 5.75. The molecule has 2 aromatic carbocycles. The van der Waals surface area contributed by atoms with Gasteiger partial charge in [0.25, 0.3) is 0 Å². The van der Waals surface area contributed by atoms with E-state index in [0.29, 0.717) is 18.9 Å². The summed E-state index contributed by atoms with van der Waals surface area (Å²) in [6.07, 6.45) is 5.50. The lowest BCUT2D eigenvalue weighted by Gasteiger charge is -2.24. The van der Waals surface area contributed by atoms with E-state index in [1.165, 1.54) is 12.1 Å². The molecule has 0 radical (unpaired) electrons. The molecule has 5 nitrogen and oxygen atoms in total. The maximum atomic E-state index is 13.4. The molecule has 0 bridgehead atoms. The maximum Gasteiger partial charge on any atom is 0.220 e. The number of nitrogens with one attached hydrogen (secondary N) is 2. The molecule has 2 N–H and O–H groups in total. The van der Waals surface area contributed by atoms with Crippen molar-refractivity contribution in [2.45, 2.75) is 38.3 Å². The number of carbonyl (C=O) groups excluding carboxylic acids is 1. The highest BCUT2D eigenvalue weighted by Crippen LogP contribution is 2.21. The molecule has 3 aromatic rings. The molecule has 4 rings (SSSR count). The third-order valence-electron chi connectivity index (χ3n) is 5.75. The SMILES string of the molecule is O=C(CCC1CCNCC1)NC(Cn1cnc2ccccc21)c1ccc(F)cc1. The van der Waals surface area contributed by atoms with Crippen molar-refractivity contribution in [1.29, 1.82) is 0 Å². The second-order valence-corrected chi connectivity index (χ2v) is 7.79. The molecule has 2 heterocycles. The van der Waals surface area contributed by atoms with Crippen molar-refractivity contribution in [3.8, 4) is 0 Å². The van der Waals surface area contributed by atoms with E-state index in [0.717, 1.165) is 48.9 Å². The highest BCUT2D eigenvalue weighted by molar-refractivity contribution is 5.77. The first kappa shape index (κ1) is 19.6. The van der Waals surface area contributed by atoms with Crippen LogP contribution in [-0.4, -0.2) is 28.5 Å². The van der Waals surface area contributed by atoms with Crippen molar-refractivity contribution in [1.82, 2.24) is 20.2 Å². The van der Waals surface area contributed by atoms with Crippen molar-refractivity contribution in [2.75, 3.05) is 13.1 Å². The molecular formula is C23H27FN4O. The lowest BCUT2D eigenvalue weighted by molar-refractivity contribution is -0.122. The van der Waals surface area contributed by atoms with Crippen molar-refractivity contribution >= 4 is 16.9 Å². The summed E-state index contributed by atoms with van der Waals surface area (Å²) in [5.74, 6) is 0.379. The van der Waals surface area contributed by atoms with Crippen LogP contribution in [0.25, 0.3) is 11.0 Å². The Morgan fingerprint density at radius 3 is 2.72 bits per heavy atom. The molecule has 1 atom stereocenters. The first-order valence-corrected chi connectivity index (χ1v) is 10.3. The number of hydrogen-bond acceptors (Lipinski definition) is 3. The van der Waals surface area contributed by atoms with Gasteiger partial charge in [-0.3, -0.25) is 4.79 Å². The van der Waals surface area contributed by atoms with E-state index in [4.69, 9.17) is 0 Å². The zero-order valence-electron chi connectivity index (χ0n) is 16.5. The van der Waals surface area contributed by atoms with Crippen LogP contribution in [0.2, 0.25) is 0 Å². The van der Waals surface area contributed by atoms with E-state index < -0.39 is 0 Å². The molecule has 29 heavy (non-hydrogen) atoms. The molecule has 0 spiro atoms. The van der Waals surface area contributed by atoms with E-state index >= 15 is 0 Å². The van der Waals surface area contributed by atoms with E-state index in [1.807, 2.05) is 28.8 Å². The summed E-state index contributed by atoms with van der Waals surface area (Å²) in [5, 5.41) is 6.53. The number of imidazole rings is 1. The van der Waals surface area contributed by atoms with Crippen LogP contribution in [0.1, 0.15) is 37.3 Å². The van der Waals surface area contributed by atoms with Crippen LogP contribution in [0.4, 0.5) is 4.39 Å². The topological polar surface area (TPSA) is 59.0 Å².